The Labute approximate surface area is 103 Å². The second-order valence-electron chi connectivity index (χ2n) is 5.12. The molecule has 1 aromatic rings. The van der Waals surface area contributed by atoms with Crippen molar-refractivity contribution in [1.82, 2.24) is 4.67 Å². The Kier molecular flexibility index (Phi) is 2.87. The van der Waals surface area contributed by atoms with Crippen molar-refractivity contribution in [2.75, 3.05) is 20.4 Å². The van der Waals surface area contributed by atoms with Gasteiger partial charge in [-0.25, -0.2) is 0 Å². The first kappa shape index (κ1) is 12.4. The third-order valence-electron chi connectivity index (χ3n) is 3.48. The SMILES string of the molecule is C[C@H]1[C@H](c2ccccc2)OP(C)(C)(S)N1C. The molecular formula is C12H20NOPS. The summed E-state index contributed by atoms with van der Waals surface area (Å²) in [5, 5.41) is 0. The van der Waals surface area contributed by atoms with E-state index < -0.39 is 6.18 Å². The van der Waals surface area contributed by atoms with Crippen LogP contribution in [0.2, 0.25) is 0 Å². The Balaban J connectivity index is 2.34. The quantitative estimate of drug-likeness (QED) is 0.610. The summed E-state index contributed by atoms with van der Waals surface area (Å²) < 4.78 is 8.57. The number of rotatable bonds is 1. The van der Waals surface area contributed by atoms with E-state index >= 15 is 0 Å². The first-order valence-corrected chi connectivity index (χ1v) is 9.68. The number of likely N-dealkylation sites (N-methyl/N-ethyl adjacent to an activating group) is 1. The summed E-state index contributed by atoms with van der Waals surface area (Å²) in [6, 6.07) is 10.8. The Morgan fingerprint density at radius 2 is 1.81 bits per heavy atom. The Morgan fingerprint density at radius 3 is 2.25 bits per heavy atom. The summed E-state index contributed by atoms with van der Waals surface area (Å²) in [7, 11) is 2.11. The molecule has 0 aliphatic carbocycles. The van der Waals surface area contributed by atoms with E-state index in [1.165, 1.54) is 5.56 Å². The molecule has 1 heterocycles. The van der Waals surface area contributed by atoms with Gasteiger partial charge in [0.25, 0.3) is 0 Å². The number of hydrogen-bond acceptors (Lipinski definition) is 3. The molecule has 2 nitrogen and oxygen atoms in total. The average molecular weight is 257 g/mol. The van der Waals surface area contributed by atoms with Crippen LogP contribution in [0.5, 0.6) is 0 Å². The van der Waals surface area contributed by atoms with Crippen LogP contribution in [-0.4, -0.2) is 31.1 Å². The van der Waals surface area contributed by atoms with Crippen LogP contribution in [0.3, 0.4) is 0 Å². The molecule has 0 radical (unpaired) electrons. The van der Waals surface area contributed by atoms with Gasteiger partial charge in [-0.2, -0.15) is 0 Å². The van der Waals surface area contributed by atoms with Crippen LogP contribution in [-0.2, 0) is 4.52 Å². The number of nitrogens with zero attached hydrogens (tertiary/aromatic N) is 1. The fourth-order valence-electron chi connectivity index (χ4n) is 2.19. The van der Waals surface area contributed by atoms with Crippen molar-refractivity contribution < 1.29 is 4.52 Å². The van der Waals surface area contributed by atoms with Crippen LogP contribution in [0.15, 0.2) is 30.3 Å². The Morgan fingerprint density at radius 1 is 1.25 bits per heavy atom. The maximum atomic E-state index is 6.27. The molecule has 2 atom stereocenters. The monoisotopic (exact) mass is 257 g/mol. The standard InChI is InChI=1S/C12H20NOPS/c1-10-12(11-8-6-5-7-9-11)14-15(3,4,16)13(10)2/h5-10,12,16H,1-4H3/t10-,12+/m0/s1. The zero-order valence-corrected chi connectivity index (χ0v) is 12.1. The van der Waals surface area contributed by atoms with Crippen LogP contribution in [0.1, 0.15) is 18.6 Å². The number of thiol groups is 1. The Bertz CT molecular complexity index is 387. The Hall–Kier alpha value is -0.0800. The normalized spacial score (nSPS) is 35.4. The fraction of sp³-hybridized carbons (Fsp3) is 0.500. The molecule has 2 rings (SSSR count). The minimum absolute atomic E-state index is 0.136. The fourth-order valence-corrected chi connectivity index (χ4v) is 5.25. The van der Waals surface area contributed by atoms with Gasteiger partial charge >= 0.3 is 103 Å². The molecule has 0 bridgehead atoms. The predicted octanol–water partition coefficient (Wildman–Crippen LogP) is 3.57. The second-order valence-corrected chi connectivity index (χ2v) is 13.1. The molecule has 1 saturated heterocycles. The summed E-state index contributed by atoms with van der Waals surface area (Å²) in [6.07, 6.45) is -2.26. The van der Waals surface area contributed by atoms with Gasteiger partial charge in [-0.05, 0) is 0 Å². The van der Waals surface area contributed by atoms with Crippen molar-refractivity contribution in [1.29, 1.82) is 0 Å². The van der Waals surface area contributed by atoms with Crippen LogP contribution in [0, 0.1) is 0 Å². The van der Waals surface area contributed by atoms with Crippen molar-refractivity contribution in [3.63, 3.8) is 0 Å². The molecular weight excluding hydrogens is 237 g/mol. The van der Waals surface area contributed by atoms with E-state index in [0.717, 1.165) is 0 Å². The summed E-state index contributed by atoms with van der Waals surface area (Å²) in [5.74, 6) is 0. The molecule has 4 heteroatoms. The van der Waals surface area contributed by atoms with E-state index in [9.17, 15) is 0 Å². The zero-order valence-electron chi connectivity index (χ0n) is 10.3. The van der Waals surface area contributed by atoms with Gasteiger partial charge in [0.15, 0.2) is 0 Å². The summed E-state index contributed by atoms with van der Waals surface area (Å²) in [4.78, 5) is 0. The third-order valence-corrected chi connectivity index (χ3v) is 7.61. The van der Waals surface area contributed by atoms with E-state index in [2.05, 4.69) is 56.2 Å². The molecule has 0 amide bonds. The molecule has 0 saturated carbocycles. The van der Waals surface area contributed by atoms with Gasteiger partial charge in [0.2, 0.25) is 0 Å². The van der Waals surface area contributed by atoms with E-state index in [1.54, 1.807) is 0 Å². The third kappa shape index (κ3) is 2.02. The molecule has 0 N–H and O–H groups in total. The topological polar surface area (TPSA) is 12.5 Å². The number of benzene rings is 1. The molecule has 0 aromatic heterocycles. The van der Waals surface area contributed by atoms with Crippen LogP contribution in [0.25, 0.3) is 0 Å². The van der Waals surface area contributed by atoms with Gasteiger partial charge in [0.05, 0.1) is 0 Å². The van der Waals surface area contributed by atoms with Crippen LogP contribution >= 0.6 is 18.4 Å². The molecule has 90 valence electrons. The molecule has 1 fully saturated rings. The van der Waals surface area contributed by atoms with E-state index in [1.807, 2.05) is 6.07 Å². The van der Waals surface area contributed by atoms with Gasteiger partial charge in [-0.15, -0.1) is 0 Å². The molecule has 1 aromatic carbocycles. The van der Waals surface area contributed by atoms with E-state index in [4.69, 9.17) is 16.8 Å². The summed E-state index contributed by atoms with van der Waals surface area (Å²) in [5.41, 5.74) is 1.24. The maximum absolute atomic E-state index is 6.27. The van der Waals surface area contributed by atoms with E-state index in [0.29, 0.717) is 6.04 Å². The first-order valence-electron chi connectivity index (χ1n) is 5.53. The van der Waals surface area contributed by atoms with Gasteiger partial charge in [-0.3, -0.25) is 0 Å². The molecule has 16 heavy (non-hydrogen) atoms. The van der Waals surface area contributed by atoms with Gasteiger partial charge < -0.3 is 0 Å². The van der Waals surface area contributed by atoms with Gasteiger partial charge in [0, 0.05) is 0 Å². The van der Waals surface area contributed by atoms with Crippen molar-refractivity contribution >= 4 is 18.4 Å². The summed E-state index contributed by atoms with van der Waals surface area (Å²) in [6.45, 7) is 6.47. The van der Waals surface area contributed by atoms with Gasteiger partial charge in [-0.1, -0.05) is 0 Å². The zero-order chi connectivity index (χ0) is 12.0. The van der Waals surface area contributed by atoms with Crippen LogP contribution in [0.4, 0.5) is 0 Å². The molecule has 0 unspecified atom stereocenters. The van der Waals surface area contributed by atoms with Crippen LogP contribution < -0.4 is 0 Å². The summed E-state index contributed by atoms with van der Waals surface area (Å²) >= 11 is 4.80. The second kappa shape index (κ2) is 3.71. The van der Waals surface area contributed by atoms with Crippen molar-refractivity contribution in [2.24, 2.45) is 0 Å². The minimum atomic E-state index is -2.39. The molecule has 1 aliphatic rings. The van der Waals surface area contributed by atoms with Crippen molar-refractivity contribution in [3.05, 3.63) is 35.9 Å². The average Bonchev–Trinajstić information content (AvgIpc) is 2.40. The number of hydrogen-bond donors (Lipinski definition) is 1. The van der Waals surface area contributed by atoms with E-state index in [-0.39, 0.29) is 6.10 Å². The predicted molar refractivity (Wildman–Crippen MR) is 75.2 cm³/mol. The first-order chi connectivity index (χ1) is 7.30. The van der Waals surface area contributed by atoms with Gasteiger partial charge in [0.1, 0.15) is 0 Å². The van der Waals surface area contributed by atoms with Crippen molar-refractivity contribution in [2.45, 2.75) is 19.1 Å². The molecule has 0 spiro atoms. The van der Waals surface area contributed by atoms with Crippen molar-refractivity contribution in [3.8, 4) is 0 Å². The molecule has 1 aliphatic heterocycles.